The van der Waals surface area contributed by atoms with Crippen molar-refractivity contribution >= 4 is 17.3 Å². The van der Waals surface area contributed by atoms with E-state index in [1.807, 2.05) is 33.9 Å². The van der Waals surface area contributed by atoms with E-state index in [0.717, 1.165) is 16.2 Å². The first-order valence-electron chi connectivity index (χ1n) is 9.24. The normalized spacial score (nSPS) is 15.2. The third-order valence-electron chi connectivity index (χ3n) is 4.92. The van der Waals surface area contributed by atoms with Crippen molar-refractivity contribution in [1.82, 2.24) is 34.3 Å². The van der Waals surface area contributed by atoms with Crippen LogP contribution in [0.15, 0.2) is 49.1 Å². The van der Waals surface area contributed by atoms with Crippen molar-refractivity contribution in [2.45, 2.75) is 6.18 Å². The summed E-state index contributed by atoms with van der Waals surface area (Å²) in [4.78, 5) is 12.8. The van der Waals surface area contributed by atoms with Crippen LogP contribution in [0.5, 0.6) is 0 Å². The lowest BCUT2D eigenvalue weighted by atomic mass is 10.3. The van der Waals surface area contributed by atoms with Gasteiger partial charge in [-0.25, -0.2) is 9.97 Å². The number of hydrogen-bond donors (Lipinski definition) is 0. The van der Waals surface area contributed by atoms with Gasteiger partial charge in [-0.15, -0.1) is 15.3 Å². The third-order valence-corrected chi connectivity index (χ3v) is 4.92. The summed E-state index contributed by atoms with van der Waals surface area (Å²) >= 11 is 0. The first-order chi connectivity index (χ1) is 14.5. The lowest BCUT2D eigenvalue weighted by Gasteiger charge is -2.36. The molecule has 154 valence electrons. The van der Waals surface area contributed by atoms with E-state index in [0.29, 0.717) is 32.0 Å². The average molecular weight is 415 g/mol. The molecule has 0 bridgehead atoms. The summed E-state index contributed by atoms with van der Waals surface area (Å²) < 4.78 is 41.9. The zero-order valence-electron chi connectivity index (χ0n) is 15.6. The van der Waals surface area contributed by atoms with Crippen LogP contribution in [0.3, 0.4) is 0 Å². The molecular weight excluding hydrogens is 399 g/mol. The predicted molar refractivity (Wildman–Crippen MR) is 102 cm³/mol. The van der Waals surface area contributed by atoms with Crippen LogP contribution in [-0.2, 0) is 6.18 Å². The van der Waals surface area contributed by atoms with E-state index in [-0.39, 0.29) is 5.65 Å². The lowest BCUT2D eigenvalue weighted by molar-refractivity contribution is -0.146. The Kier molecular flexibility index (Phi) is 4.26. The fourth-order valence-corrected chi connectivity index (χ4v) is 3.42. The molecule has 0 atom stereocenters. The van der Waals surface area contributed by atoms with Crippen molar-refractivity contribution in [1.29, 1.82) is 0 Å². The first kappa shape index (κ1) is 18.3. The average Bonchev–Trinajstić information content (AvgIpc) is 3.43. The number of rotatable bonds is 3. The second-order valence-electron chi connectivity index (χ2n) is 6.78. The molecule has 1 fully saturated rings. The van der Waals surface area contributed by atoms with E-state index in [2.05, 4.69) is 30.2 Å². The molecule has 12 heteroatoms. The number of aromatic nitrogens is 7. The van der Waals surface area contributed by atoms with Crippen LogP contribution < -0.4 is 9.80 Å². The molecule has 9 nitrogen and oxygen atoms in total. The Morgan fingerprint density at radius 1 is 0.833 bits per heavy atom. The molecule has 5 heterocycles. The predicted octanol–water partition coefficient (Wildman–Crippen LogP) is 2.05. The molecule has 1 aliphatic heterocycles. The van der Waals surface area contributed by atoms with E-state index < -0.39 is 12.0 Å². The fourth-order valence-electron chi connectivity index (χ4n) is 3.42. The first-order valence-corrected chi connectivity index (χ1v) is 9.24. The number of fused-ring (bicyclic) bond motifs is 1. The van der Waals surface area contributed by atoms with Crippen LogP contribution in [0, 0.1) is 0 Å². The zero-order valence-corrected chi connectivity index (χ0v) is 15.6. The smallest absolute Gasteiger partial charge is 0.353 e. The number of halogens is 3. The number of nitrogens with zero attached hydrogens (tertiary/aromatic N) is 9. The number of imidazole rings is 1. The summed E-state index contributed by atoms with van der Waals surface area (Å²) in [7, 11) is 0. The number of anilines is 2. The van der Waals surface area contributed by atoms with E-state index in [4.69, 9.17) is 0 Å². The standard InChI is InChI=1S/C18H16F3N9/c19-18(20,21)17-25-24-15-4-5-16(26-30(15)17)28-10-8-27(9-11-28)13-2-1-3-14(23-13)29-7-6-22-12-29/h1-7,12H,8-11H2. The van der Waals surface area contributed by atoms with Crippen molar-refractivity contribution < 1.29 is 13.2 Å². The molecule has 0 unspecified atom stereocenters. The zero-order chi connectivity index (χ0) is 20.7. The molecule has 0 aliphatic carbocycles. The molecule has 1 saturated heterocycles. The highest BCUT2D eigenvalue weighted by atomic mass is 19.4. The third kappa shape index (κ3) is 3.29. The van der Waals surface area contributed by atoms with Gasteiger partial charge < -0.3 is 9.80 Å². The van der Waals surface area contributed by atoms with Gasteiger partial charge in [0.15, 0.2) is 5.65 Å². The van der Waals surface area contributed by atoms with Gasteiger partial charge in [0.2, 0.25) is 0 Å². The Morgan fingerprint density at radius 2 is 1.57 bits per heavy atom. The van der Waals surface area contributed by atoms with Gasteiger partial charge in [-0.05, 0) is 24.3 Å². The van der Waals surface area contributed by atoms with Crippen molar-refractivity contribution in [3.8, 4) is 5.82 Å². The highest BCUT2D eigenvalue weighted by Crippen LogP contribution is 2.28. The Bertz CT molecular complexity index is 1160. The van der Waals surface area contributed by atoms with Gasteiger partial charge in [0.1, 0.15) is 23.8 Å². The molecule has 30 heavy (non-hydrogen) atoms. The van der Waals surface area contributed by atoms with Crippen molar-refractivity contribution in [2.75, 3.05) is 36.0 Å². The second-order valence-corrected chi connectivity index (χ2v) is 6.78. The minimum absolute atomic E-state index is 0.0604. The summed E-state index contributed by atoms with van der Waals surface area (Å²) in [6.07, 6.45) is 0.588. The Labute approximate surface area is 168 Å². The number of alkyl halides is 3. The summed E-state index contributed by atoms with van der Waals surface area (Å²) in [5.41, 5.74) is 0.0604. The van der Waals surface area contributed by atoms with Crippen molar-refractivity contribution in [2.24, 2.45) is 0 Å². The van der Waals surface area contributed by atoms with Crippen molar-refractivity contribution in [3.05, 3.63) is 54.9 Å². The maximum Gasteiger partial charge on any atom is 0.453 e. The maximum absolute atomic E-state index is 13.1. The van der Waals surface area contributed by atoms with Crippen LogP contribution in [0.25, 0.3) is 11.5 Å². The van der Waals surface area contributed by atoms with Crippen LogP contribution >= 0.6 is 0 Å². The minimum atomic E-state index is -4.62. The molecule has 0 aromatic carbocycles. The second kappa shape index (κ2) is 6.97. The molecular formula is C18H16F3N9. The van der Waals surface area contributed by atoms with Crippen LogP contribution in [0.1, 0.15) is 5.82 Å². The Hall–Kier alpha value is -3.70. The molecule has 1 aliphatic rings. The molecule has 4 aromatic heterocycles. The SMILES string of the molecule is FC(F)(F)c1nnc2ccc(N3CCN(c4cccc(-n5ccnc5)n4)CC3)nn12. The monoisotopic (exact) mass is 415 g/mol. The Morgan fingerprint density at radius 3 is 2.27 bits per heavy atom. The molecule has 0 spiro atoms. The highest BCUT2D eigenvalue weighted by molar-refractivity contribution is 5.49. The van der Waals surface area contributed by atoms with Gasteiger partial charge in [-0.2, -0.15) is 17.7 Å². The molecule has 4 aromatic rings. The molecule has 0 N–H and O–H groups in total. The molecule has 0 amide bonds. The summed E-state index contributed by atoms with van der Waals surface area (Å²) in [6, 6.07) is 8.93. The largest absolute Gasteiger partial charge is 0.453 e. The Balaban J connectivity index is 1.33. The van der Waals surface area contributed by atoms with Crippen LogP contribution in [0.4, 0.5) is 24.8 Å². The van der Waals surface area contributed by atoms with E-state index in [9.17, 15) is 13.2 Å². The summed E-state index contributed by atoms with van der Waals surface area (Å²) in [6.45, 7) is 2.51. The maximum atomic E-state index is 13.1. The quantitative estimate of drug-likeness (QED) is 0.507. The van der Waals surface area contributed by atoms with Gasteiger partial charge in [0.25, 0.3) is 5.82 Å². The molecule has 5 rings (SSSR count). The summed E-state index contributed by atoms with van der Waals surface area (Å²) in [5.74, 6) is 0.931. The van der Waals surface area contributed by atoms with E-state index >= 15 is 0 Å². The van der Waals surface area contributed by atoms with Gasteiger partial charge in [0.05, 0.1) is 0 Å². The van der Waals surface area contributed by atoms with Gasteiger partial charge in [-0.1, -0.05) is 6.07 Å². The van der Waals surface area contributed by atoms with Gasteiger partial charge >= 0.3 is 6.18 Å². The fraction of sp³-hybridized carbons (Fsp3) is 0.278. The van der Waals surface area contributed by atoms with Gasteiger partial charge in [0, 0.05) is 38.6 Å². The van der Waals surface area contributed by atoms with Crippen molar-refractivity contribution in [3.63, 3.8) is 0 Å². The highest BCUT2D eigenvalue weighted by Gasteiger charge is 2.37. The van der Waals surface area contributed by atoms with Crippen LogP contribution in [0.2, 0.25) is 0 Å². The van der Waals surface area contributed by atoms with Crippen LogP contribution in [-0.4, -0.2) is 60.5 Å². The topological polar surface area (TPSA) is 80.3 Å². The number of piperazine rings is 1. The van der Waals surface area contributed by atoms with E-state index in [1.54, 1.807) is 18.6 Å². The lowest BCUT2D eigenvalue weighted by Crippen LogP contribution is -2.47. The number of hydrogen-bond acceptors (Lipinski definition) is 7. The molecule has 0 saturated carbocycles. The number of pyridine rings is 1. The molecule has 0 radical (unpaired) electrons. The van der Waals surface area contributed by atoms with Gasteiger partial charge in [-0.3, -0.25) is 4.57 Å². The van der Waals surface area contributed by atoms with E-state index in [1.165, 1.54) is 6.07 Å². The summed E-state index contributed by atoms with van der Waals surface area (Å²) in [5, 5.41) is 10.9. The minimum Gasteiger partial charge on any atom is -0.353 e.